The lowest BCUT2D eigenvalue weighted by Gasteiger charge is -2.38. The second-order valence-corrected chi connectivity index (χ2v) is 15.3. The number of sulfonamides is 2. The molecule has 248 valence electrons. The molecular formula is C31H38N4O9S2. The highest BCUT2D eigenvalue weighted by atomic mass is 32.2. The molecule has 13 nitrogen and oxygen atoms in total. The minimum absolute atomic E-state index is 0.0350. The van der Waals surface area contributed by atoms with Crippen LogP contribution in [0.4, 0.5) is 0 Å². The van der Waals surface area contributed by atoms with Crippen LogP contribution in [0, 0.1) is 0 Å². The zero-order chi connectivity index (χ0) is 33.1. The third kappa shape index (κ3) is 7.52. The molecule has 2 aliphatic heterocycles. The van der Waals surface area contributed by atoms with Crippen molar-refractivity contribution in [3.05, 3.63) is 72.3 Å². The summed E-state index contributed by atoms with van der Waals surface area (Å²) in [6.45, 7) is 1.16. The lowest BCUT2D eigenvalue weighted by Crippen LogP contribution is -2.47. The molecule has 0 saturated carbocycles. The fourth-order valence-corrected chi connectivity index (χ4v) is 8.02. The lowest BCUT2D eigenvalue weighted by molar-refractivity contribution is -0.0312. The summed E-state index contributed by atoms with van der Waals surface area (Å²) in [6.07, 6.45) is 0.828. The van der Waals surface area contributed by atoms with Gasteiger partial charge in [-0.2, -0.15) is 4.31 Å². The van der Waals surface area contributed by atoms with E-state index in [0.717, 1.165) is 0 Å². The molecule has 5 rings (SSSR count). The molecule has 2 fully saturated rings. The van der Waals surface area contributed by atoms with Crippen LogP contribution in [0.3, 0.4) is 0 Å². The van der Waals surface area contributed by atoms with Crippen molar-refractivity contribution >= 4 is 26.0 Å². The molecule has 6 N–H and O–H groups in total. The lowest BCUT2D eigenvalue weighted by atomic mass is 9.88. The number of phenolic OH excluding ortho intramolecular Hbond substituents is 1. The molecule has 1 spiro atoms. The number of nitrogens with zero attached hydrogens (tertiary/aromatic N) is 1. The second-order valence-electron chi connectivity index (χ2n) is 11.5. The number of ether oxygens (including phenoxy) is 2. The van der Waals surface area contributed by atoms with Crippen LogP contribution in [0.25, 0.3) is 11.1 Å². The first-order valence-corrected chi connectivity index (χ1v) is 17.7. The summed E-state index contributed by atoms with van der Waals surface area (Å²) in [7, 11) is -6.12. The van der Waals surface area contributed by atoms with Crippen molar-refractivity contribution in [3.8, 4) is 22.6 Å². The van der Waals surface area contributed by atoms with Crippen molar-refractivity contribution < 1.29 is 41.3 Å². The van der Waals surface area contributed by atoms with Crippen molar-refractivity contribution in [2.45, 2.75) is 46.8 Å². The van der Waals surface area contributed by atoms with Crippen molar-refractivity contribution in [2.75, 3.05) is 39.9 Å². The topological polar surface area (TPSA) is 198 Å². The first-order valence-electron chi connectivity index (χ1n) is 14.8. The molecular weight excluding hydrogens is 636 g/mol. The van der Waals surface area contributed by atoms with Gasteiger partial charge < -0.3 is 30.7 Å². The third-order valence-corrected chi connectivity index (χ3v) is 11.7. The summed E-state index contributed by atoms with van der Waals surface area (Å²) < 4.78 is 66.6. The van der Waals surface area contributed by atoms with E-state index in [-0.39, 0.29) is 53.4 Å². The zero-order valence-corrected chi connectivity index (χ0v) is 26.9. The van der Waals surface area contributed by atoms with Crippen LogP contribution in [0.5, 0.6) is 11.5 Å². The maximum absolute atomic E-state index is 13.6. The molecule has 2 atom stereocenters. The van der Waals surface area contributed by atoms with Gasteiger partial charge in [0.25, 0.3) is 0 Å². The maximum atomic E-state index is 13.6. The van der Waals surface area contributed by atoms with Gasteiger partial charge in [-0.3, -0.25) is 4.79 Å². The summed E-state index contributed by atoms with van der Waals surface area (Å²) in [5, 5.41) is 24.2. The SMILES string of the molecule is CNS(=O)(=O)c1cccc(OCC(O)CNC2COC3(CCN(S(=O)(=O)c4cccc(-c5ccc(C(N)=O)cc5O)c4)CC3)C2)c1. The smallest absolute Gasteiger partial charge is 0.248 e. The van der Waals surface area contributed by atoms with Crippen LogP contribution in [-0.4, -0.2) is 94.9 Å². The van der Waals surface area contributed by atoms with Gasteiger partial charge in [0.15, 0.2) is 0 Å². The molecule has 3 aromatic carbocycles. The van der Waals surface area contributed by atoms with Crippen LogP contribution in [0.2, 0.25) is 0 Å². The standard InChI is InChI=1S/C31H38N4O9S2/c1-33-45(39,40)26-6-3-5-25(16-26)43-20-24(36)18-34-23-17-31(44-19-23)10-12-35(13-11-31)46(41,42)27-7-2-4-21(14-27)28-9-8-22(30(32)38)15-29(28)37/h2-9,14-16,23-24,33-34,36-37H,10-13,17-20H2,1H3,(H2,32,38). The van der Waals surface area contributed by atoms with E-state index >= 15 is 0 Å². The third-order valence-electron chi connectivity index (χ3n) is 8.38. The van der Waals surface area contributed by atoms with Crippen molar-refractivity contribution in [1.29, 1.82) is 0 Å². The largest absolute Gasteiger partial charge is 0.507 e. The minimum atomic E-state index is -3.83. The second kappa shape index (κ2) is 13.7. The van der Waals surface area contributed by atoms with E-state index < -0.39 is 37.7 Å². The van der Waals surface area contributed by atoms with Gasteiger partial charge in [-0.05, 0) is 74.3 Å². The number of nitrogens with two attached hydrogens (primary N) is 1. The number of aromatic hydroxyl groups is 1. The number of hydrogen-bond acceptors (Lipinski definition) is 10. The minimum Gasteiger partial charge on any atom is -0.507 e. The fraction of sp³-hybridized carbons (Fsp3) is 0.387. The van der Waals surface area contributed by atoms with Gasteiger partial charge in [-0.25, -0.2) is 21.6 Å². The van der Waals surface area contributed by atoms with E-state index in [4.69, 9.17) is 15.2 Å². The number of rotatable bonds is 12. The average Bonchev–Trinajstić information content (AvgIpc) is 3.44. The number of piperidine rings is 1. The Labute approximate surface area is 268 Å². The number of carbonyl (C=O) groups excluding carboxylic acids is 1. The number of benzene rings is 3. The molecule has 1 amide bonds. The van der Waals surface area contributed by atoms with Crippen molar-refractivity contribution in [1.82, 2.24) is 14.3 Å². The Morgan fingerprint density at radius 2 is 1.78 bits per heavy atom. The molecule has 3 aromatic rings. The molecule has 0 aliphatic carbocycles. The Morgan fingerprint density at radius 1 is 1.07 bits per heavy atom. The fourth-order valence-electron chi connectivity index (χ4n) is 5.76. The highest BCUT2D eigenvalue weighted by Crippen LogP contribution is 2.38. The Hall–Kier alpha value is -3.57. The van der Waals surface area contributed by atoms with Crippen LogP contribution in [0.1, 0.15) is 29.6 Å². The molecule has 46 heavy (non-hydrogen) atoms. The number of nitrogens with one attached hydrogen (secondary N) is 2. The number of phenols is 1. The van der Waals surface area contributed by atoms with Gasteiger partial charge >= 0.3 is 0 Å². The summed E-state index contributed by atoms with van der Waals surface area (Å²) in [5.74, 6) is -0.536. The van der Waals surface area contributed by atoms with Crippen LogP contribution < -0.4 is 20.5 Å². The normalized spacial score (nSPS) is 19.2. The van der Waals surface area contributed by atoms with Crippen molar-refractivity contribution in [3.63, 3.8) is 0 Å². The summed E-state index contributed by atoms with van der Waals surface area (Å²) in [4.78, 5) is 11.6. The summed E-state index contributed by atoms with van der Waals surface area (Å²) in [6, 6.07) is 16.5. The predicted octanol–water partition coefficient (Wildman–Crippen LogP) is 1.41. The quantitative estimate of drug-likeness (QED) is 0.187. The van der Waals surface area contributed by atoms with Gasteiger partial charge in [0.05, 0.1) is 22.0 Å². The summed E-state index contributed by atoms with van der Waals surface area (Å²) in [5.41, 5.74) is 5.82. The number of primary amides is 1. The zero-order valence-electron chi connectivity index (χ0n) is 25.3. The molecule has 2 saturated heterocycles. The first kappa shape index (κ1) is 33.8. The highest BCUT2D eigenvalue weighted by molar-refractivity contribution is 7.89. The van der Waals surface area contributed by atoms with E-state index in [0.29, 0.717) is 42.7 Å². The molecule has 0 aromatic heterocycles. The average molecular weight is 675 g/mol. The van der Waals surface area contributed by atoms with E-state index in [1.54, 1.807) is 24.3 Å². The Balaban J connectivity index is 1.12. The van der Waals surface area contributed by atoms with Crippen LogP contribution in [0.15, 0.2) is 76.5 Å². The van der Waals surface area contributed by atoms with Crippen LogP contribution in [-0.2, 0) is 24.8 Å². The van der Waals surface area contributed by atoms with E-state index in [2.05, 4.69) is 10.0 Å². The van der Waals surface area contributed by atoms with E-state index in [1.807, 2.05) is 0 Å². The van der Waals surface area contributed by atoms with Crippen LogP contribution >= 0.6 is 0 Å². The van der Waals surface area contributed by atoms with Gasteiger partial charge in [0.1, 0.15) is 24.2 Å². The maximum Gasteiger partial charge on any atom is 0.248 e. The van der Waals surface area contributed by atoms with E-state index in [1.165, 1.54) is 53.8 Å². The number of aliphatic hydroxyl groups excluding tert-OH is 1. The van der Waals surface area contributed by atoms with Gasteiger partial charge in [-0.1, -0.05) is 18.2 Å². The number of hydrogen-bond donors (Lipinski definition) is 5. The van der Waals surface area contributed by atoms with Gasteiger partial charge in [0.2, 0.25) is 26.0 Å². The Kier molecular flexibility index (Phi) is 10.0. The van der Waals surface area contributed by atoms with Gasteiger partial charge in [0, 0.05) is 42.9 Å². The predicted molar refractivity (Wildman–Crippen MR) is 169 cm³/mol. The first-order chi connectivity index (χ1) is 21.8. The molecule has 2 unspecified atom stereocenters. The van der Waals surface area contributed by atoms with E-state index in [9.17, 15) is 31.8 Å². The highest BCUT2D eigenvalue weighted by Gasteiger charge is 2.44. The molecule has 0 bridgehead atoms. The molecule has 2 aliphatic rings. The Bertz CT molecular complexity index is 1790. The summed E-state index contributed by atoms with van der Waals surface area (Å²) >= 11 is 0. The van der Waals surface area contributed by atoms with Gasteiger partial charge in [-0.15, -0.1) is 0 Å². The molecule has 0 radical (unpaired) electrons. The van der Waals surface area contributed by atoms with Crippen molar-refractivity contribution in [2.24, 2.45) is 5.73 Å². The monoisotopic (exact) mass is 674 g/mol. The number of carbonyl (C=O) groups is 1. The number of amides is 1. The molecule has 15 heteroatoms. The molecule has 2 heterocycles. The Morgan fingerprint density at radius 3 is 2.48 bits per heavy atom. The number of aliphatic hydroxyl groups is 1.